The summed E-state index contributed by atoms with van der Waals surface area (Å²) < 4.78 is 0. The number of hydrogen-bond acceptors (Lipinski definition) is 7. The number of fused-ring (bicyclic) bond motifs is 2. The highest BCUT2D eigenvalue weighted by Crippen LogP contribution is 2.43. The Bertz CT molecular complexity index is 1970. The molecule has 4 aliphatic heterocycles. The molecule has 4 heterocycles. The molecule has 3 aromatic carbocycles. The maximum absolute atomic E-state index is 13.2. The number of carbonyl (C=O) groups excluding carboxylic acids is 3. The van der Waals surface area contributed by atoms with E-state index < -0.39 is 6.04 Å². The summed E-state index contributed by atoms with van der Waals surface area (Å²) in [4.78, 5) is 46.5. The van der Waals surface area contributed by atoms with E-state index in [0.29, 0.717) is 36.1 Å². The molecule has 9 rings (SSSR count). The van der Waals surface area contributed by atoms with E-state index in [0.717, 1.165) is 76.3 Å². The maximum atomic E-state index is 13.2. The summed E-state index contributed by atoms with van der Waals surface area (Å²) in [7, 11) is 0. The molecular weight excluding hydrogens is 687 g/mol. The number of benzene rings is 3. The molecule has 9 heteroatoms. The zero-order valence-corrected chi connectivity index (χ0v) is 32.1. The van der Waals surface area contributed by atoms with Gasteiger partial charge in [0.25, 0.3) is 5.91 Å². The third kappa shape index (κ3) is 7.40. The number of carbonyl (C=O) groups is 3. The molecule has 0 spiro atoms. The summed E-state index contributed by atoms with van der Waals surface area (Å²) in [6, 6.07) is 21.0. The number of piperidine rings is 2. The lowest BCUT2D eigenvalue weighted by molar-refractivity contribution is -0.136. The second kappa shape index (κ2) is 15.5. The van der Waals surface area contributed by atoms with Gasteiger partial charge < -0.3 is 19.8 Å². The van der Waals surface area contributed by atoms with Crippen molar-refractivity contribution in [1.82, 2.24) is 15.1 Å². The molecule has 1 saturated carbocycles. The summed E-state index contributed by atoms with van der Waals surface area (Å²) in [6.07, 6.45) is 13.1. The Balaban J connectivity index is 0.790. The van der Waals surface area contributed by atoms with Crippen molar-refractivity contribution >= 4 is 34.7 Å². The second-order valence-electron chi connectivity index (χ2n) is 16.9. The highest BCUT2D eigenvalue weighted by atomic mass is 16.3. The first-order chi connectivity index (χ1) is 26.9. The number of aryl methyl sites for hydroxylation is 1. The number of allylic oxidation sites excluding steroid dienone is 1. The molecule has 1 atom stereocenters. The zero-order valence-electron chi connectivity index (χ0n) is 32.1. The number of nitrogens with one attached hydrogen (secondary N) is 1. The van der Waals surface area contributed by atoms with E-state index in [4.69, 9.17) is 0 Å². The minimum atomic E-state index is -0.582. The highest BCUT2D eigenvalue weighted by Gasteiger charge is 2.39. The number of aromatic hydroxyl groups is 1. The fourth-order valence-corrected chi connectivity index (χ4v) is 10.5. The number of anilines is 2. The quantitative estimate of drug-likeness (QED) is 0.254. The van der Waals surface area contributed by atoms with E-state index in [2.05, 4.69) is 62.5 Å². The smallest absolute Gasteiger partial charge is 0.255 e. The maximum Gasteiger partial charge on any atom is 0.255 e. The van der Waals surface area contributed by atoms with Crippen LogP contribution in [0.3, 0.4) is 0 Å². The van der Waals surface area contributed by atoms with E-state index in [1.807, 2.05) is 18.2 Å². The van der Waals surface area contributed by atoms with Gasteiger partial charge in [0.2, 0.25) is 11.8 Å². The molecule has 2 aliphatic carbocycles. The number of phenols is 1. The van der Waals surface area contributed by atoms with Gasteiger partial charge in [0, 0.05) is 75.7 Å². The highest BCUT2D eigenvalue weighted by molar-refractivity contribution is 6.05. The van der Waals surface area contributed by atoms with Crippen LogP contribution in [-0.4, -0.2) is 84.5 Å². The average molecular weight is 742 g/mol. The standard InChI is InChI=1S/C46H55N5O4/c52-38-14-16-40-34(28-38)7-4-8-39(32-5-2-1-3-6-32)44(40)33-9-11-36(12-10-33)49-21-19-31(20-22-49)29-48-23-25-50(26-24-48)37-13-15-41-35(27-37)30-51(46(41)55)42-17-18-43(53)47-45(42)54/h9-16,27-28,31-32,42,52H,1-8,17-26,29-30H2,(H,47,53,54)/t42-/m0/s1. The first-order valence-corrected chi connectivity index (χ1v) is 21.0. The Morgan fingerprint density at radius 3 is 2.15 bits per heavy atom. The van der Waals surface area contributed by atoms with Crippen LogP contribution in [0.4, 0.5) is 11.4 Å². The van der Waals surface area contributed by atoms with Crippen molar-refractivity contribution in [2.45, 2.75) is 89.6 Å². The van der Waals surface area contributed by atoms with Crippen LogP contribution < -0.4 is 15.1 Å². The second-order valence-corrected chi connectivity index (χ2v) is 16.9. The van der Waals surface area contributed by atoms with Crippen molar-refractivity contribution in [2.24, 2.45) is 11.8 Å². The van der Waals surface area contributed by atoms with Gasteiger partial charge >= 0.3 is 0 Å². The number of nitrogens with zero attached hydrogens (tertiary/aromatic N) is 4. The Morgan fingerprint density at radius 2 is 1.38 bits per heavy atom. The van der Waals surface area contributed by atoms with Gasteiger partial charge in [0.15, 0.2) is 0 Å². The topological polar surface area (TPSA) is 96.4 Å². The number of phenolic OH excluding ortho intramolecular Hbond substituents is 1. The van der Waals surface area contributed by atoms with Gasteiger partial charge in [0.05, 0.1) is 0 Å². The van der Waals surface area contributed by atoms with Gasteiger partial charge in [-0.15, -0.1) is 0 Å². The summed E-state index contributed by atoms with van der Waals surface area (Å²) in [5.74, 6) is 1.01. The molecule has 3 saturated heterocycles. The lowest BCUT2D eigenvalue weighted by atomic mass is 9.78. The molecule has 2 N–H and O–H groups in total. The van der Waals surface area contributed by atoms with Crippen molar-refractivity contribution in [3.05, 3.63) is 94.1 Å². The fourth-order valence-electron chi connectivity index (χ4n) is 10.5. The number of imide groups is 1. The van der Waals surface area contributed by atoms with Crippen LogP contribution in [0, 0.1) is 11.8 Å². The van der Waals surface area contributed by atoms with E-state index in [1.54, 1.807) is 10.5 Å². The number of amides is 3. The van der Waals surface area contributed by atoms with Gasteiger partial charge in [-0.2, -0.15) is 0 Å². The number of hydrogen-bond donors (Lipinski definition) is 2. The van der Waals surface area contributed by atoms with Crippen molar-refractivity contribution in [1.29, 1.82) is 0 Å². The van der Waals surface area contributed by atoms with Crippen LogP contribution in [0.1, 0.15) is 103 Å². The van der Waals surface area contributed by atoms with Crippen molar-refractivity contribution in [2.75, 3.05) is 55.6 Å². The molecule has 0 aromatic heterocycles. The van der Waals surface area contributed by atoms with Gasteiger partial charge in [-0.1, -0.05) is 43.0 Å². The van der Waals surface area contributed by atoms with Crippen molar-refractivity contribution in [3.8, 4) is 5.75 Å². The summed E-state index contributed by atoms with van der Waals surface area (Å²) in [5, 5.41) is 12.7. The minimum absolute atomic E-state index is 0.117. The summed E-state index contributed by atoms with van der Waals surface area (Å²) >= 11 is 0. The Hall–Kier alpha value is -4.63. The Labute approximate surface area is 325 Å². The molecule has 288 valence electrons. The van der Waals surface area contributed by atoms with Crippen molar-refractivity contribution in [3.63, 3.8) is 0 Å². The van der Waals surface area contributed by atoms with E-state index in [1.165, 1.54) is 72.9 Å². The molecule has 3 aromatic rings. The number of rotatable bonds is 7. The van der Waals surface area contributed by atoms with Crippen molar-refractivity contribution < 1.29 is 19.5 Å². The van der Waals surface area contributed by atoms with Gasteiger partial charge in [-0.25, -0.2) is 0 Å². The largest absolute Gasteiger partial charge is 0.508 e. The molecule has 0 bridgehead atoms. The predicted octanol–water partition coefficient (Wildman–Crippen LogP) is 6.91. The first-order valence-electron chi connectivity index (χ1n) is 21.0. The van der Waals surface area contributed by atoms with Crippen LogP contribution in [0.25, 0.3) is 5.57 Å². The SMILES string of the molecule is O=C1CC[C@H](N2Cc3cc(N4CCN(CC5CCN(c6ccc(C7=C(C8CCCCC8)CCCc8cc(O)ccc87)cc6)CC5)CC4)ccc3C2=O)C(=O)N1. The average Bonchev–Trinajstić information content (AvgIpc) is 3.41. The Kier molecular flexibility index (Phi) is 10.1. The third-order valence-corrected chi connectivity index (χ3v) is 13.6. The molecular formula is C46H55N5O4. The van der Waals surface area contributed by atoms with E-state index >= 15 is 0 Å². The molecule has 0 unspecified atom stereocenters. The molecule has 3 amide bonds. The van der Waals surface area contributed by atoms with Gasteiger partial charge in [-0.3, -0.25) is 24.6 Å². The zero-order chi connectivity index (χ0) is 37.5. The van der Waals surface area contributed by atoms with E-state index in [-0.39, 0.29) is 24.1 Å². The molecule has 9 nitrogen and oxygen atoms in total. The predicted molar refractivity (Wildman–Crippen MR) is 216 cm³/mol. The number of piperazine rings is 1. The summed E-state index contributed by atoms with van der Waals surface area (Å²) in [6.45, 7) is 7.71. The minimum Gasteiger partial charge on any atom is -0.508 e. The molecule has 0 radical (unpaired) electrons. The normalized spacial score (nSPS) is 23.2. The lowest BCUT2D eigenvalue weighted by Gasteiger charge is -2.40. The summed E-state index contributed by atoms with van der Waals surface area (Å²) in [5.41, 5.74) is 11.1. The van der Waals surface area contributed by atoms with Gasteiger partial charge in [0.1, 0.15) is 11.8 Å². The monoisotopic (exact) mass is 741 g/mol. The van der Waals surface area contributed by atoms with Crippen LogP contribution in [0.5, 0.6) is 5.75 Å². The first kappa shape index (κ1) is 36.0. The van der Waals surface area contributed by atoms with E-state index in [9.17, 15) is 19.5 Å². The molecule has 4 fully saturated rings. The molecule has 6 aliphatic rings. The lowest BCUT2D eigenvalue weighted by Crippen LogP contribution is -2.52. The fraction of sp³-hybridized carbons (Fsp3) is 0.500. The van der Waals surface area contributed by atoms with Crippen LogP contribution in [0.15, 0.2) is 66.2 Å². The van der Waals surface area contributed by atoms with Crippen LogP contribution >= 0.6 is 0 Å². The Morgan fingerprint density at radius 1 is 0.655 bits per heavy atom. The van der Waals surface area contributed by atoms with Crippen LogP contribution in [-0.2, 0) is 22.6 Å². The van der Waals surface area contributed by atoms with Crippen LogP contribution in [0.2, 0.25) is 0 Å². The molecule has 55 heavy (non-hydrogen) atoms. The third-order valence-electron chi connectivity index (χ3n) is 13.6. The van der Waals surface area contributed by atoms with Gasteiger partial charge in [-0.05, 0) is 133 Å².